The second kappa shape index (κ2) is 11.0. The third-order valence-corrected chi connectivity index (χ3v) is 8.95. The maximum absolute atomic E-state index is 13.7. The Hall–Kier alpha value is -2.08. The lowest BCUT2D eigenvalue weighted by Crippen LogP contribution is -2.72. The van der Waals surface area contributed by atoms with E-state index in [2.05, 4.69) is 0 Å². The normalized spacial score (nSPS) is 35.6. The van der Waals surface area contributed by atoms with Crippen molar-refractivity contribution in [2.24, 2.45) is 17.8 Å². The Bertz CT molecular complexity index is 896. The highest BCUT2D eigenvalue weighted by Gasteiger charge is 2.57. The first-order valence-corrected chi connectivity index (χ1v) is 13.3. The average Bonchev–Trinajstić information content (AvgIpc) is 2.88. The molecule has 0 aromatic heterocycles. The quantitative estimate of drug-likeness (QED) is 0.417. The van der Waals surface area contributed by atoms with Crippen LogP contribution in [0, 0.1) is 17.8 Å². The van der Waals surface area contributed by atoms with Gasteiger partial charge in [0.15, 0.2) is 11.6 Å². The number of rotatable bonds is 11. The molecule has 0 aromatic rings. The summed E-state index contributed by atoms with van der Waals surface area (Å²) in [5.74, 6) is -1.85. The molecule has 4 bridgehead atoms. The van der Waals surface area contributed by atoms with E-state index in [0.29, 0.717) is 26.2 Å². The third kappa shape index (κ3) is 4.79. The minimum atomic E-state index is -1.21. The number of carboxylic acids is 1. The van der Waals surface area contributed by atoms with Gasteiger partial charge in [0.2, 0.25) is 0 Å². The van der Waals surface area contributed by atoms with Crippen molar-refractivity contribution in [3.05, 3.63) is 0 Å². The van der Waals surface area contributed by atoms with E-state index in [1.165, 1.54) is 19.1 Å². The van der Waals surface area contributed by atoms with Gasteiger partial charge in [-0.3, -0.25) is 24.3 Å². The van der Waals surface area contributed by atoms with Gasteiger partial charge >= 0.3 is 12.1 Å². The largest absolute Gasteiger partial charge is 0.480 e. The number of Topliss-reactive ketones (excluding diaryl/α,β-unsaturated/α-hetero) is 2. The minimum Gasteiger partial charge on any atom is -0.480 e. The maximum Gasteiger partial charge on any atom is 0.410 e. The molecular formula is C26H41N3O8. The Morgan fingerprint density at radius 1 is 0.892 bits per heavy atom. The van der Waals surface area contributed by atoms with Gasteiger partial charge in [-0.1, -0.05) is 13.8 Å². The summed E-state index contributed by atoms with van der Waals surface area (Å²) in [6.45, 7) is 6.00. The number of nitrogens with zero attached hydrogens (tertiary/aromatic N) is 3. The standard InChI is InChI=1S/C26H41N3O8/c1-17(2)20(23(32)33)29(13-25(14-35-3)21(30)18-5-9-27(25)10-6-18)24(34)37-16-26(15-36-4)22(31)19-7-11-28(26)12-8-19/h17-20H,5-16H2,1-4H3,(H,32,33)/t20-,25+,26+/m0/s1. The van der Waals surface area contributed by atoms with Crippen LogP contribution in [-0.2, 0) is 28.6 Å². The van der Waals surface area contributed by atoms with Gasteiger partial charge in [0.05, 0.1) is 19.8 Å². The molecule has 0 spiro atoms. The van der Waals surface area contributed by atoms with Crippen molar-refractivity contribution >= 4 is 23.6 Å². The SMILES string of the molecule is COC[C@]1(CN(C(=O)OC[C@]2(COC)C(=O)C3CCN2CC3)[C@H](C(=O)O)C(C)C)C(=O)C2CCN1CC2. The van der Waals surface area contributed by atoms with Gasteiger partial charge in [0.1, 0.15) is 23.7 Å². The van der Waals surface area contributed by atoms with Crippen molar-refractivity contribution in [1.29, 1.82) is 0 Å². The number of carbonyl (C=O) groups is 4. The van der Waals surface area contributed by atoms with Crippen molar-refractivity contribution < 1.29 is 38.5 Å². The van der Waals surface area contributed by atoms with E-state index in [4.69, 9.17) is 14.2 Å². The molecule has 0 aliphatic carbocycles. The molecule has 37 heavy (non-hydrogen) atoms. The van der Waals surface area contributed by atoms with Gasteiger partial charge in [-0.15, -0.1) is 0 Å². The lowest BCUT2D eigenvalue weighted by Gasteiger charge is -2.54. The van der Waals surface area contributed by atoms with E-state index < -0.39 is 35.1 Å². The molecule has 11 nitrogen and oxygen atoms in total. The van der Waals surface area contributed by atoms with Crippen molar-refractivity contribution in [1.82, 2.24) is 14.7 Å². The Labute approximate surface area is 218 Å². The molecule has 6 saturated heterocycles. The van der Waals surface area contributed by atoms with Crippen molar-refractivity contribution in [2.45, 2.75) is 56.7 Å². The lowest BCUT2D eigenvalue weighted by molar-refractivity contribution is -0.162. The van der Waals surface area contributed by atoms with Crippen LogP contribution < -0.4 is 0 Å². The molecule has 0 radical (unpaired) electrons. The van der Waals surface area contributed by atoms with Gasteiger partial charge < -0.3 is 19.3 Å². The second-order valence-electron chi connectivity index (χ2n) is 11.4. The summed E-state index contributed by atoms with van der Waals surface area (Å²) in [4.78, 5) is 58.3. The topological polar surface area (TPSA) is 126 Å². The number of carbonyl (C=O) groups excluding carboxylic acids is 3. The Balaban J connectivity index is 1.63. The average molecular weight is 524 g/mol. The van der Waals surface area contributed by atoms with Gasteiger partial charge in [0.25, 0.3) is 0 Å². The van der Waals surface area contributed by atoms with E-state index in [-0.39, 0.29) is 49.8 Å². The Kier molecular flexibility index (Phi) is 8.27. The van der Waals surface area contributed by atoms with Gasteiger partial charge in [-0.2, -0.15) is 0 Å². The predicted molar refractivity (Wildman–Crippen MR) is 132 cm³/mol. The van der Waals surface area contributed by atoms with E-state index >= 15 is 0 Å². The highest BCUT2D eigenvalue weighted by molar-refractivity contribution is 5.94. The fraction of sp³-hybridized carbons (Fsp3) is 0.846. The number of fused-ring (bicyclic) bond motifs is 6. The molecule has 6 heterocycles. The van der Waals surface area contributed by atoms with Gasteiger partial charge in [-0.25, -0.2) is 9.59 Å². The van der Waals surface area contributed by atoms with Gasteiger partial charge in [-0.05, 0) is 44.7 Å². The number of aliphatic carboxylic acids is 1. The van der Waals surface area contributed by atoms with Gasteiger partial charge in [0, 0.05) is 39.1 Å². The van der Waals surface area contributed by atoms with E-state index in [9.17, 15) is 24.3 Å². The van der Waals surface area contributed by atoms with Crippen LogP contribution in [0.15, 0.2) is 0 Å². The first-order chi connectivity index (χ1) is 17.6. The summed E-state index contributed by atoms with van der Waals surface area (Å²) >= 11 is 0. The number of amides is 1. The van der Waals surface area contributed by atoms with Crippen LogP contribution in [0.5, 0.6) is 0 Å². The fourth-order valence-corrected chi connectivity index (χ4v) is 7.04. The third-order valence-electron chi connectivity index (χ3n) is 8.95. The van der Waals surface area contributed by atoms with Crippen LogP contribution in [0.25, 0.3) is 0 Å². The first kappa shape index (κ1) is 27.9. The number of carboxylic acid groups (broad SMARTS) is 1. The summed E-state index contributed by atoms with van der Waals surface area (Å²) in [7, 11) is 3.02. The molecule has 1 N–H and O–H groups in total. The highest BCUT2D eigenvalue weighted by atomic mass is 16.6. The Morgan fingerprint density at radius 3 is 1.76 bits per heavy atom. The molecule has 6 aliphatic rings. The van der Waals surface area contributed by atoms with Crippen LogP contribution in [0.3, 0.4) is 0 Å². The predicted octanol–water partition coefficient (Wildman–Crippen LogP) is 0.894. The monoisotopic (exact) mass is 523 g/mol. The van der Waals surface area contributed by atoms with Crippen LogP contribution in [0.4, 0.5) is 4.79 Å². The molecule has 6 aliphatic heterocycles. The van der Waals surface area contributed by atoms with Crippen molar-refractivity contribution in [2.75, 3.05) is 66.8 Å². The summed E-state index contributed by atoms with van der Waals surface area (Å²) in [6, 6.07) is -1.21. The smallest absolute Gasteiger partial charge is 0.410 e. The zero-order valence-corrected chi connectivity index (χ0v) is 22.4. The summed E-state index contributed by atoms with van der Waals surface area (Å²) in [5, 5.41) is 10.1. The Morgan fingerprint density at radius 2 is 1.35 bits per heavy atom. The number of hydrogen-bond acceptors (Lipinski definition) is 9. The minimum absolute atomic E-state index is 0.00609. The van der Waals surface area contributed by atoms with Crippen LogP contribution in [0.2, 0.25) is 0 Å². The number of ether oxygens (including phenoxy) is 3. The number of hydrogen-bond donors (Lipinski definition) is 1. The van der Waals surface area contributed by atoms with Crippen LogP contribution in [0.1, 0.15) is 39.5 Å². The fourth-order valence-electron chi connectivity index (χ4n) is 7.04. The second-order valence-corrected chi connectivity index (χ2v) is 11.4. The summed E-state index contributed by atoms with van der Waals surface area (Å²) in [6.07, 6.45) is 2.20. The molecule has 6 fully saturated rings. The van der Waals surface area contributed by atoms with E-state index in [0.717, 1.165) is 25.7 Å². The lowest BCUT2D eigenvalue weighted by atomic mass is 9.73. The summed E-state index contributed by atoms with van der Waals surface area (Å²) in [5.41, 5.74) is -2.22. The maximum atomic E-state index is 13.7. The zero-order valence-electron chi connectivity index (χ0n) is 22.4. The molecule has 11 heteroatoms. The summed E-state index contributed by atoms with van der Waals surface area (Å²) < 4.78 is 16.7. The molecule has 0 aromatic carbocycles. The highest BCUT2D eigenvalue weighted by Crippen LogP contribution is 2.39. The molecule has 208 valence electrons. The molecule has 3 atom stereocenters. The number of piperidine rings is 6. The number of ketones is 2. The zero-order chi connectivity index (χ0) is 27.0. The molecular weight excluding hydrogens is 482 g/mol. The number of methoxy groups -OCH3 is 2. The van der Waals surface area contributed by atoms with E-state index in [1.54, 1.807) is 13.8 Å². The molecule has 1 amide bonds. The van der Waals surface area contributed by atoms with Crippen molar-refractivity contribution in [3.63, 3.8) is 0 Å². The molecule has 0 saturated carbocycles. The van der Waals surface area contributed by atoms with E-state index in [1.807, 2.05) is 9.80 Å². The van der Waals surface area contributed by atoms with Crippen molar-refractivity contribution in [3.8, 4) is 0 Å². The molecule has 0 unspecified atom stereocenters. The van der Waals surface area contributed by atoms with Crippen LogP contribution in [-0.4, -0.2) is 127 Å². The first-order valence-electron chi connectivity index (χ1n) is 13.3. The van der Waals surface area contributed by atoms with Crippen LogP contribution >= 0.6 is 0 Å². The molecule has 6 rings (SSSR count).